The van der Waals surface area contributed by atoms with Crippen LogP contribution < -0.4 is 0 Å². The van der Waals surface area contributed by atoms with Crippen LogP contribution in [0.15, 0.2) is 146 Å². The molecule has 0 saturated heterocycles. The van der Waals surface area contributed by atoms with Crippen LogP contribution in [0.1, 0.15) is 303 Å². The number of esters is 3. The van der Waals surface area contributed by atoms with E-state index in [2.05, 4.69) is 167 Å². The van der Waals surface area contributed by atoms with Crippen LogP contribution in [0.3, 0.4) is 0 Å². The maximum atomic E-state index is 12.9. The van der Waals surface area contributed by atoms with E-state index >= 15 is 0 Å². The van der Waals surface area contributed by atoms with Crippen LogP contribution in [0, 0.1) is 0 Å². The van der Waals surface area contributed by atoms with Crippen LogP contribution in [0.2, 0.25) is 0 Å². The fourth-order valence-corrected chi connectivity index (χ4v) is 9.22. The molecule has 0 aromatic rings. The monoisotopic (exact) mass is 1150 g/mol. The zero-order valence-corrected chi connectivity index (χ0v) is 53.9. The Morgan fingerprint density at radius 3 is 0.747 bits per heavy atom. The maximum Gasteiger partial charge on any atom is 0.306 e. The lowest BCUT2D eigenvalue weighted by Gasteiger charge is -2.18. The number of rotatable bonds is 61. The summed E-state index contributed by atoms with van der Waals surface area (Å²) < 4.78 is 16.9. The molecule has 0 spiro atoms. The van der Waals surface area contributed by atoms with E-state index in [1.807, 2.05) is 0 Å². The summed E-state index contributed by atoms with van der Waals surface area (Å²) >= 11 is 0. The van der Waals surface area contributed by atoms with Gasteiger partial charge in [0, 0.05) is 19.3 Å². The molecule has 0 fully saturated rings. The first-order chi connectivity index (χ1) is 41.0. The Hall–Kier alpha value is -4.71. The van der Waals surface area contributed by atoms with Crippen molar-refractivity contribution >= 4 is 17.9 Å². The zero-order valence-electron chi connectivity index (χ0n) is 53.9. The van der Waals surface area contributed by atoms with Crippen molar-refractivity contribution in [1.29, 1.82) is 0 Å². The minimum absolute atomic E-state index is 0.0888. The van der Waals surface area contributed by atoms with Crippen LogP contribution in [-0.2, 0) is 28.6 Å². The Balaban J connectivity index is 4.28. The first kappa shape index (κ1) is 78.3. The molecule has 0 heterocycles. The van der Waals surface area contributed by atoms with Crippen molar-refractivity contribution in [2.45, 2.75) is 309 Å². The Labute approximate surface area is 512 Å². The van der Waals surface area contributed by atoms with Crippen molar-refractivity contribution in [2.24, 2.45) is 0 Å². The number of hydrogen-bond donors (Lipinski definition) is 0. The molecule has 0 amide bonds. The normalized spacial score (nSPS) is 13.0. The van der Waals surface area contributed by atoms with E-state index in [1.165, 1.54) is 116 Å². The highest BCUT2D eigenvalue weighted by Gasteiger charge is 2.19. The standard InChI is InChI=1S/C77H126O6/c1-4-7-10-13-16-19-22-24-26-28-30-32-34-35-36-37-38-39-40-41-43-44-46-48-50-52-55-58-61-64-67-70-76(79)82-73-74(72-81-75(78)69-66-63-60-57-54-21-18-15-12-9-6-3)83-77(80)71-68-65-62-59-56-53-51-49-47-45-42-33-31-29-27-25-23-20-17-14-11-8-5-2/h7-8,10-11,15-20,24-27,30-33,35-36,38-39,41,43,74H,4-6,9,12-14,21-23,28-29,34,37,40,42,44-73H2,1-3H3/b10-7-,11-8-,18-15-,19-16-,20-17-,26-24-,27-25-,32-30-,33-31-,36-35-,39-38-,43-41-. The molecular formula is C77H126O6. The Morgan fingerprint density at radius 2 is 0.470 bits per heavy atom. The lowest BCUT2D eigenvalue weighted by Crippen LogP contribution is -2.30. The molecule has 6 nitrogen and oxygen atoms in total. The quantitative estimate of drug-likeness (QED) is 0.0261. The Morgan fingerprint density at radius 1 is 0.253 bits per heavy atom. The minimum Gasteiger partial charge on any atom is -0.462 e. The van der Waals surface area contributed by atoms with Crippen molar-refractivity contribution < 1.29 is 28.6 Å². The van der Waals surface area contributed by atoms with Gasteiger partial charge in [0.15, 0.2) is 6.10 Å². The van der Waals surface area contributed by atoms with Gasteiger partial charge < -0.3 is 14.2 Å². The van der Waals surface area contributed by atoms with E-state index in [-0.39, 0.29) is 31.1 Å². The molecule has 1 atom stereocenters. The van der Waals surface area contributed by atoms with E-state index in [4.69, 9.17) is 14.2 Å². The first-order valence-corrected chi connectivity index (χ1v) is 34.3. The van der Waals surface area contributed by atoms with Crippen LogP contribution in [0.25, 0.3) is 0 Å². The topological polar surface area (TPSA) is 78.9 Å². The van der Waals surface area contributed by atoms with E-state index in [9.17, 15) is 14.4 Å². The SMILES string of the molecule is CC/C=C\C/C=C\C/C=C\C/C=C\C/C=C\C/C=C\C/C=C\CCCCCCCCCCCC(=O)OCC(COC(=O)CCCCCCC/C=C\CCCC)OC(=O)CCCCCCCCCCCC/C=C\C/C=C\C/C=C\C/C=C\CC. The third kappa shape index (κ3) is 68.0. The van der Waals surface area contributed by atoms with Crippen LogP contribution in [0.5, 0.6) is 0 Å². The molecule has 0 aliphatic heterocycles. The molecule has 0 saturated carbocycles. The summed E-state index contributed by atoms with van der Waals surface area (Å²) in [5.74, 6) is -0.905. The highest BCUT2D eigenvalue weighted by Crippen LogP contribution is 2.16. The van der Waals surface area contributed by atoms with Gasteiger partial charge in [0.05, 0.1) is 0 Å². The molecule has 0 aliphatic rings. The van der Waals surface area contributed by atoms with Gasteiger partial charge in [0.25, 0.3) is 0 Å². The van der Waals surface area contributed by atoms with E-state index in [1.54, 1.807) is 0 Å². The van der Waals surface area contributed by atoms with Gasteiger partial charge in [-0.05, 0) is 135 Å². The molecule has 470 valence electrons. The zero-order chi connectivity index (χ0) is 59.9. The second-order valence-electron chi connectivity index (χ2n) is 22.3. The molecule has 0 N–H and O–H groups in total. The van der Waals surface area contributed by atoms with Gasteiger partial charge in [-0.1, -0.05) is 295 Å². The number of carbonyl (C=O) groups is 3. The summed E-state index contributed by atoms with van der Waals surface area (Å²) in [5, 5.41) is 0. The second kappa shape index (κ2) is 69.8. The summed E-state index contributed by atoms with van der Waals surface area (Å²) in [6, 6.07) is 0. The van der Waals surface area contributed by atoms with Gasteiger partial charge in [-0.25, -0.2) is 0 Å². The van der Waals surface area contributed by atoms with Crippen LogP contribution in [0.4, 0.5) is 0 Å². The summed E-state index contributed by atoms with van der Waals surface area (Å²) in [6.07, 6.45) is 100. The molecule has 6 heteroatoms. The van der Waals surface area contributed by atoms with E-state index in [0.717, 1.165) is 148 Å². The third-order valence-corrected chi connectivity index (χ3v) is 14.3. The predicted octanol–water partition coefficient (Wildman–Crippen LogP) is 23.9. The predicted molar refractivity (Wildman–Crippen MR) is 362 cm³/mol. The Bertz CT molecular complexity index is 1800. The first-order valence-electron chi connectivity index (χ1n) is 34.3. The molecule has 1 unspecified atom stereocenters. The number of hydrogen-bond acceptors (Lipinski definition) is 6. The molecular weight excluding hydrogens is 1020 g/mol. The molecule has 0 aromatic carbocycles. The Kier molecular flexibility index (Phi) is 65.8. The minimum atomic E-state index is -0.793. The molecule has 0 radical (unpaired) electrons. The van der Waals surface area contributed by atoms with Gasteiger partial charge in [0.1, 0.15) is 13.2 Å². The number of carbonyl (C=O) groups excluding carboxylic acids is 3. The molecule has 83 heavy (non-hydrogen) atoms. The lowest BCUT2D eigenvalue weighted by molar-refractivity contribution is -0.167. The van der Waals surface area contributed by atoms with Crippen molar-refractivity contribution in [3.63, 3.8) is 0 Å². The van der Waals surface area contributed by atoms with Crippen molar-refractivity contribution in [2.75, 3.05) is 13.2 Å². The molecule has 0 bridgehead atoms. The number of ether oxygens (including phenoxy) is 3. The average molecular weight is 1150 g/mol. The van der Waals surface area contributed by atoms with Crippen molar-refractivity contribution in [3.8, 4) is 0 Å². The van der Waals surface area contributed by atoms with Crippen molar-refractivity contribution in [3.05, 3.63) is 146 Å². The number of allylic oxidation sites excluding steroid dienone is 24. The summed E-state index contributed by atoms with van der Waals surface area (Å²) in [7, 11) is 0. The highest BCUT2D eigenvalue weighted by molar-refractivity contribution is 5.71. The van der Waals surface area contributed by atoms with E-state index < -0.39 is 6.10 Å². The number of unbranched alkanes of at least 4 members (excludes halogenated alkanes) is 26. The highest BCUT2D eigenvalue weighted by atomic mass is 16.6. The summed E-state index contributed by atoms with van der Waals surface area (Å²) in [4.78, 5) is 38.4. The summed E-state index contributed by atoms with van der Waals surface area (Å²) in [6.45, 7) is 6.37. The fraction of sp³-hybridized carbons (Fsp3) is 0.649. The van der Waals surface area contributed by atoms with E-state index in [0.29, 0.717) is 19.3 Å². The average Bonchev–Trinajstić information content (AvgIpc) is 3.48. The second-order valence-corrected chi connectivity index (χ2v) is 22.3. The van der Waals surface area contributed by atoms with Gasteiger partial charge in [-0.15, -0.1) is 0 Å². The maximum absolute atomic E-state index is 12.9. The smallest absolute Gasteiger partial charge is 0.306 e. The molecule has 0 aromatic heterocycles. The summed E-state index contributed by atoms with van der Waals surface area (Å²) in [5.41, 5.74) is 0. The van der Waals surface area contributed by atoms with Gasteiger partial charge in [-0.2, -0.15) is 0 Å². The molecule has 0 aliphatic carbocycles. The third-order valence-electron chi connectivity index (χ3n) is 14.3. The lowest BCUT2D eigenvalue weighted by atomic mass is 10.0. The van der Waals surface area contributed by atoms with Crippen LogP contribution >= 0.6 is 0 Å². The largest absolute Gasteiger partial charge is 0.462 e. The molecule has 0 rings (SSSR count). The van der Waals surface area contributed by atoms with Gasteiger partial charge in [-0.3, -0.25) is 14.4 Å². The van der Waals surface area contributed by atoms with Gasteiger partial charge in [0.2, 0.25) is 0 Å². The van der Waals surface area contributed by atoms with Crippen LogP contribution in [-0.4, -0.2) is 37.2 Å². The van der Waals surface area contributed by atoms with Gasteiger partial charge >= 0.3 is 17.9 Å². The van der Waals surface area contributed by atoms with Crippen molar-refractivity contribution in [1.82, 2.24) is 0 Å². The fourth-order valence-electron chi connectivity index (χ4n) is 9.22.